The molecular formula is C25H46N2O7. The van der Waals surface area contributed by atoms with Crippen molar-refractivity contribution in [2.75, 3.05) is 0 Å². The number of nitrogens with one attached hydrogen (secondary N) is 2. The van der Waals surface area contributed by atoms with E-state index >= 15 is 0 Å². The maximum atomic E-state index is 11.9. The van der Waals surface area contributed by atoms with Crippen LogP contribution >= 0.6 is 0 Å². The van der Waals surface area contributed by atoms with Crippen molar-refractivity contribution in [1.29, 1.82) is 0 Å². The zero-order valence-corrected chi connectivity index (χ0v) is 21.9. The third-order valence-electron chi connectivity index (χ3n) is 4.50. The first-order valence-corrected chi connectivity index (χ1v) is 12.2. The van der Waals surface area contributed by atoms with E-state index in [1.807, 2.05) is 27.7 Å². The molecule has 0 spiro atoms. The van der Waals surface area contributed by atoms with Gasteiger partial charge >= 0.3 is 5.97 Å². The van der Waals surface area contributed by atoms with Crippen molar-refractivity contribution in [2.24, 2.45) is 0 Å². The summed E-state index contributed by atoms with van der Waals surface area (Å²) in [6, 6.07) is -1.71. The summed E-state index contributed by atoms with van der Waals surface area (Å²) in [4.78, 5) is 56.9. The van der Waals surface area contributed by atoms with Crippen LogP contribution < -0.4 is 10.6 Å². The molecule has 2 unspecified atom stereocenters. The Labute approximate surface area is 204 Å². The van der Waals surface area contributed by atoms with Gasteiger partial charge in [0.2, 0.25) is 11.8 Å². The Bertz CT molecular complexity index is 579. The van der Waals surface area contributed by atoms with Gasteiger partial charge in [0, 0.05) is 25.7 Å². The van der Waals surface area contributed by atoms with E-state index in [0.29, 0.717) is 32.1 Å². The van der Waals surface area contributed by atoms with Crippen molar-refractivity contribution >= 4 is 29.4 Å². The number of aliphatic hydroxyl groups is 1. The summed E-state index contributed by atoms with van der Waals surface area (Å²) in [7, 11) is 0. The molecule has 0 rings (SSSR count). The summed E-state index contributed by atoms with van der Waals surface area (Å²) in [6.45, 7) is 14.2. The monoisotopic (exact) mass is 486 g/mol. The molecule has 9 nitrogen and oxygen atoms in total. The van der Waals surface area contributed by atoms with Crippen LogP contribution in [-0.2, 0) is 24.0 Å². The van der Waals surface area contributed by atoms with Crippen molar-refractivity contribution in [3.8, 4) is 0 Å². The molecule has 198 valence electrons. The van der Waals surface area contributed by atoms with E-state index in [2.05, 4.69) is 17.2 Å². The largest absolute Gasteiger partial charge is 0.511 e. The molecular weight excluding hydrogens is 440 g/mol. The predicted molar refractivity (Wildman–Crippen MR) is 133 cm³/mol. The number of carboxylic acids is 1. The lowest BCUT2D eigenvalue weighted by molar-refractivity contribution is -0.142. The SMILES string of the molecule is C=C(O)C(CCC(C)=O)NC(=O)CCCCCCC(=O)NC(CCC(C)=O)C(=O)O.CC.CC. The first kappa shape index (κ1) is 35.9. The highest BCUT2D eigenvalue weighted by Gasteiger charge is 2.20. The Balaban J connectivity index is -0.00000227. The molecule has 0 aliphatic rings. The van der Waals surface area contributed by atoms with Gasteiger partial charge in [-0.3, -0.25) is 9.59 Å². The van der Waals surface area contributed by atoms with Crippen molar-refractivity contribution < 1.29 is 34.2 Å². The highest BCUT2D eigenvalue weighted by molar-refractivity contribution is 5.84. The third-order valence-corrected chi connectivity index (χ3v) is 4.50. The Kier molecular flexibility index (Phi) is 24.7. The van der Waals surface area contributed by atoms with Crippen molar-refractivity contribution in [3.05, 3.63) is 12.3 Å². The topological polar surface area (TPSA) is 150 Å². The first-order valence-electron chi connectivity index (χ1n) is 12.2. The Morgan fingerprint density at radius 2 is 1.00 bits per heavy atom. The Morgan fingerprint density at radius 1 is 0.647 bits per heavy atom. The van der Waals surface area contributed by atoms with Crippen LogP contribution in [0.5, 0.6) is 0 Å². The number of carbonyl (C=O) groups excluding carboxylic acids is 4. The number of carboxylic acid groups (broad SMARTS) is 1. The summed E-state index contributed by atoms with van der Waals surface area (Å²) >= 11 is 0. The maximum absolute atomic E-state index is 11.9. The zero-order valence-electron chi connectivity index (χ0n) is 21.9. The number of aliphatic carboxylic acids is 1. The van der Waals surface area contributed by atoms with Crippen molar-refractivity contribution in [2.45, 2.75) is 118 Å². The summed E-state index contributed by atoms with van der Waals surface area (Å²) in [5, 5.41) is 23.7. The van der Waals surface area contributed by atoms with E-state index < -0.39 is 18.1 Å². The maximum Gasteiger partial charge on any atom is 0.326 e. The van der Waals surface area contributed by atoms with Crippen LogP contribution in [-0.4, -0.2) is 51.6 Å². The number of hydrogen-bond acceptors (Lipinski definition) is 6. The van der Waals surface area contributed by atoms with E-state index in [0.717, 1.165) is 0 Å². The number of carbonyl (C=O) groups is 5. The van der Waals surface area contributed by atoms with Crippen LogP contribution in [0.1, 0.15) is 106 Å². The molecule has 0 bridgehead atoms. The quantitative estimate of drug-likeness (QED) is 0.177. The second-order valence-electron chi connectivity index (χ2n) is 7.47. The second-order valence-corrected chi connectivity index (χ2v) is 7.47. The number of Topliss-reactive ketones (excluding diaryl/α,β-unsaturated/α-hetero) is 2. The van der Waals surface area contributed by atoms with Gasteiger partial charge in [-0.1, -0.05) is 47.1 Å². The average molecular weight is 487 g/mol. The van der Waals surface area contributed by atoms with Crippen LogP contribution in [0.3, 0.4) is 0 Å². The lowest BCUT2D eigenvalue weighted by Gasteiger charge is -2.17. The van der Waals surface area contributed by atoms with Gasteiger partial charge in [0.05, 0.1) is 6.04 Å². The molecule has 0 aromatic rings. The minimum Gasteiger partial charge on any atom is -0.511 e. The smallest absolute Gasteiger partial charge is 0.326 e. The number of aliphatic hydroxyl groups excluding tert-OH is 1. The molecule has 0 radical (unpaired) electrons. The van der Waals surface area contributed by atoms with Crippen molar-refractivity contribution in [3.63, 3.8) is 0 Å². The zero-order chi connectivity index (χ0) is 27.1. The van der Waals surface area contributed by atoms with E-state index in [-0.39, 0.29) is 61.2 Å². The predicted octanol–water partition coefficient (Wildman–Crippen LogP) is 4.24. The molecule has 0 fully saturated rings. The van der Waals surface area contributed by atoms with E-state index in [1.54, 1.807) is 0 Å². The molecule has 0 saturated carbocycles. The minimum atomic E-state index is -1.16. The van der Waals surface area contributed by atoms with Gasteiger partial charge in [-0.05, 0) is 39.5 Å². The highest BCUT2D eigenvalue weighted by Crippen LogP contribution is 2.09. The minimum absolute atomic E-state index is 0.0342. The van der Waals surface area contributed by atoms with Gasteiger partial charge in [0.25, 0.3) is 0 Å². The lowest BCUT2D eigenvalue weighted by Crippen LogP contribution is -2.40. The van der Waals surface area contributed by atoms with Crippen LogP contribution in [0.2, 0.25) is 0 Å². The van der Waals surface area contributed by atoms with Gasteiger partial charge in [-0.25, -0.2) is 4.79 Å². The molecule has 0 aliphatic heterocycles. The summed E-state index contributed by atoms with van der Waals surface area (Å²) in [5.74, 6) is -2.13. The standard InChI is InChI=1S/C21H34N2O7.2C2H6/c1-14(24)10-12-17(16(3)26)22-19(27)8-6-4-5-7-9-20(28)23-18(21(29)30)13-11-15(2)25;2*1-2/h17-18,26H,3-13H2,1-2H3,(H,22,27)(H,23,28)(H,29,30);2*1-2H3. The number of amides is 2. The Hall–Kier alpha value is -2.71. The van der Waals surface area contributed by atoms with E-state index in [1.165, 1.54) is 13.8 Å². The molecule has 0 aromatic carbocycles. The van der Waals surface area contributed by atoms with E-state index in [4.69, 9.17) is 5.11 Å². The molecule has 0 aromatic heterocycles. The fourth-order valence-corrected chi connectivity index (χ4v) is 2.73. The highest BCUT2D eigenvalue weighted by atomic mass is 16.4. The second kappa shape index (κ2) is 23.4. The normalized spacial score (nSPS) is 11.4. The van der Waals surface area contributed by atoms with Gasteiger partial charge in [-0.2, -0.15) is 0 Å². The van der Waals surface area contributed by atoms with Gasteiger partial charge in [0.15, 0.2) is 0 Å². The van der Waals surface area contributed by atoms with Crippen LogP contribution in [0.25, 0.3) is 0 Å². The first-order chi connectivity index (χ1) is 16.0. The van der Waals surface area contributed by atoms with Crippen LogP contribution in [0, 0.1) is 0 Å². The molecule has 9 heteroatoms. The molecule has 2 atom stereocenters. The van der Waals surface area contributed by atoms with Crippen LogP contribution in [0.15, 0.2) is 12.3 Å². The lowest BCUT2D eigenvalue weighted by atomic mass is 10.1. The average Bonchev–Trinajstić information content (AvgIpc) is 2.78. The summed E-state index contributed by atoms with van der Waals surface area (Å²) in [5.41, 5.74) is 0. The Morgan fingerprint density at radius 3 is 1.32 bits per heavy atom. The van der Waals surface area contributed by atoms with Gasteiger partial charge in [0.1, 0.15) is 23.4 Å². The van der Waals surface area contributed by atoms with Gasteiger partial charge < -0.3 is 30.4 Å². The summed E-state index contributed by atoms with van der Waals surface area (Å²) in [6.07, 6.45) is 3.70. The molecule has 0 saturated heterocycles. The van der Waals surface area contributed by atoms with Crippen molar-refractivity contribution in [1.82, 2.24) is 10.6 Å². The number of rotatable bonds is 17. The molecule has 0 heterocycles. The third kappa shape index (κ3) is 22.5. The molecule has 0 aliphatic carbocycles. The molecule has 34 heavy (non-hydrogen) atoms. The van der Waals surface area contributed by atoms with E-state index in [9.17, 15) is 29.1 Å². The van der Waals surface area contributed by atoms with Gasteiger partial charge in [-0.15, -0.1) is 0 Å². The fraction of sp³-hybridized carbons (Fsp3) is 0.720. The number of unbranched alkanes of at least 4 members (excludes halogenated alkanes) is 3. The number of hydrogen-bond donors (Lipinski definition) is 4. The fourth-order valence-electron chi connectivity index (χ4n) is 2.73. The molecule has 2 amide bonds. The van der Waals surface area contributed by atoms with Crippen LogP contribution in [0.4, 0.5) is 0 Å². The number of ketones is 2. The molecule has 4 N–H and O–H groups in total. The summed E-state index contributed by atoms with van der Waals surface area (Å²) < 4.78 is 0.